The summed E-state index contributed by atoms with van der Waals surface area (Å²) in [7, 11) is 0. The van der Waals surface area contributed by atoms with Crippen molar-refractivity contribution in [3.63, 3.8) is 0 Å². The molecule has 1 aromatic heterocycles. The molecule has 0 aromatic carbocycles. The van der Waals surface area contributed by atoms with E-state index in [1.807, 2.05) is 18.7 Å². The molecule has 0 saturated carbocycles. The molecule has 0 N–H and O–H groups in total. The number of aromatic nitrogens is 1. The molecule has 0 unspecified atom stereocenters. The molecule has 3 aliphatic rings. The first kappa shape index (κ1) is 18.0. The van der Waals surface area contributed by atoms with Gasteiger partial charge >= 0.3 is 0 Å². The lowest BCUT2D eigenvalue weighted by Crippen LogP contribution is -2.43. The standard InChI is InChI=1S/C20H31N3O3/c1-14-18(15(2)26-21-14)12-22-9-6-17-16(11-22)13-25-19(17)10-20(24)23-7-4-3-5-8-23/h16-17,19H,3-13H2,1-2H3/t16-,17-,19+/m1/s1. The van der Waals surface area contributed by atoms with E-state index in [1.54, 1.807) is 0 Å². The van der Waals surface area contributed by atoms with Crippen LogP contribution < -0.4 is 0 Å². The molecule has 0 bridgehead atoms. The molecule has 1 aromatic rings. The van der Waals surface area contributed by atoms with Gasteiger partial charge in [0.1, 0.15) is 5.76 Å². The van der Waals surface area contributed by atoms with Gasteiger partial charge in [-0.3, -0.25) is 9.69 Å². The summed E-state index contributed by atoms with van der Waals surface area (Å²) in [5.74, 6) is 2.30. The first-order valence-electron chi connectivity index (χ1n) is 10.2. The summed E-state index contributed by atoms with van der Waals surface area (Å²) in [5, 5.41) is 4.07. The molecule has 3 saturated heterocycles. The molecule has 4 rings (SSSR count). The Morgan fingerprint density at radius 1 is 1.19 bits per heavy atom. The fraction of sp³-hybridized carbons (Fsp3) is 0.800. The van der Waals surface area contributed by atoms with Gasteiger partial charge in [0, 0.05) is 37.7 Å². The van der Waals surface area contributed by atoms with Crippen LogP contribution in [0, 0.1) is 25.7 Å². The minimum Gasteiger partial charge on any atom is -0.377 e. The second-order valence-corrected chi connectivity index (χ2v) is 8.27. The number of nitrogens with zero attached hydrogens (tertiary/aromatic N) is 3. The maximum atomic E-state index is 12.6. The summed E-state index contributed by atoms with van der Waals surface area (Å²) >= 11 is 0. The number of piperidine rings is 2. The van der Waals surface area contributed by atoms with Crippen molar-refractivity contribution in [3.8, 4) is 0 Å². The highest BCUT2D eigenvalue weighted by molar-refractivity contribution is 5.76. The summed E-state index contributed by atoms with van der Waals surface area (Å²) in [5.41, 5.74) is 2.22. The lowest BCUT2D eigenvalue weighted by Gasteiger charge is -2.36. The number of rotatable bonds is 4. The summed E-state index contributed by atoms with van der Waals surface area (Å²) in [4.78, 5) is 17.1. The Labute approximate surface area is 155 Å². The van der Waals surface area contributed by atoms with E-state index in [4.69, 9.17) is 9.26 Å². The molecule has 3 fully saturated rings. The van der Waals surface area contributed by atoms with Crippen molar-refractivity contribution in [3.05, 3.63) is 17.0 Å². The molecule has 4 heterocycles. The Morgan fingerprint density at radius 3 is 2.73 bits per heavy atom. The molecule has 3 atom stereocenters. The third kappa shape index (κ3) is 3.67. The van der Waals surface area contributed by atoms with Crippen LogP contribution >= 0.6 is 0 Å². The van der Waals surface area contributed by atoms with Gasteiger partial charge in [-0.2, -0.15) is 0 Å². The number of amides is 1. The minimum atomic E-state index is 0.121. The minimum absolute atomic E-state index is 0.121. The van der Waals surface area contributed by atoms with Crippen LogP contribution in [-0.4, -0.2) is 59.8 Å². The molecule has 0 spiro atoms. The van der Waals surface area contributed by atoms with Crippen LogP contribution in [-0.2, 0) is 16.1 Å². The first-order chi connectivity index (χ1) is 12.6. The molecule has 26 heavy (non-hydrogen) atoms. The van der Waals surface area contributed by atoms with Gasteiger partial charge in [-0.05, 0) is 52.0 Å². The first-order valence-corrected chi connectivity index (χ1v) is 10.2. The topological polar surface area (TPSA) is 58.8 Å². The van der Waals surface area contributed by atoms with Crippen LogP contribution in [0.1, 0.15) is 49.1 Å². The van der Waals surface area contributed by atoms with Crippen LogP contribution in [0.4, 0.5) is 0 Å². The fourth-order valence-corrected chi connectivity index (χ4v) is 4.91. The van der Waals surface area contributed by atoms with E-state index >= 15 is 0 Å². The van der Waals surface area contributed by atoms with Gasteiger partial charge in [-0.15, -0.1) is 0 Å². The SMILES string of the molecule is Cc1noc(C)c1CN1CC[C@@H]2[C@@H](CO[C@H]2CC(=O)N2CCCCC2)C1. The number of carbonyl (C=O) groups excluding carboxylic acids is 1. The average Bonchev–Trinajstić information content (AvgIpc) is 3.20. The number of hydrogen-bond donors (Lipinski definition) is 0. The van der Waals surface area contributed by atoms with Gasteiger partial charge in [-0.1, -0.05) is 5.16 Å². The van der Waals surface area contributed by atoms with Gasteiger partial charge < -0.3 is 14.2 Å². The Balaban J connectivity index is 1.31. The average molecular weight is 361 g/mol. The Kier molecular flexibility index (Phi) is 5.32. The summed E-state index contributed by atoms with van der Waals surface area (Å²) in [6.07, 6.45) is 5.38. The van der Waals surface area contributed by atoms with Gasteiger partial charge in [0.25, 0.3) is 0 Å². The summed E-state index contributed by atoms with van der Waals surface area (Å²) < 4.78 is 11.4. The van der Waals surface area contributed by atoms with Crippen molar-refractivity contribution in [2.24, 2.45) is 11.8 Å². The van der Waals surface area contributed by atoms with E-state index in [9.17, 15) is 4.79 Å². The Morgan fingerprint density at radius 2 is 2.00 bits per heavy atom. The summed E-state index contributed by atoms with van der Waals surface area (Å²) in [6, 6.07) is 0. The van der Waals surface area contributed by atoms with Gasteiger partial charge in [0.15, 0.2) is 0 Å². The maximum Gasteiger partial charge on any atom is 0.225 e. The number of ether oxygens (including phenoxy) is 1. The van der Waals surface area contributed by atoms with E-state index in [1.165, 1.54) is 12.0 Å². The van der Waals surface area contributed by atoms with Gasteiger partial charge in [0.05, 0.1) is 24.8 Å². The van der Waals surface area contributed by atoms with Crippen molar-refractivity contribution in [2.75, 3.05) is 32.8 Å². The second-order valence-electron chi connectivity index (χ2n) is 8.27. The molecule has 3 aliphatic heterocycles. The smallest absolute Gasteiger partial charge is 0.225 e. The quantitative estimate of drug-likeness (QED) is 0.825. The number of fused-ring (bicyclic) bond motifs is 1. The Hall–Kier alpha value is -1.40. The number of carbonyl (C=O) groups is 1. The lowest BCUT2D eigenvalue weighted by molar-refractivity contribution is -0.135. The Bertz CT molecular complexity index is 619. The largest absolute Gasteiger partial charge is 0.377 e. The van der Waals surface area contributed by atoms with Crippen LogP contribution in [0.3, 0.4) is 0 Å². The monoisotopic (exact) mass is 361 g/mol. The second kappa shape index (κ2) is 7.69. The van der Waals surface area contributed by atoms with E-state index in [0.29, 0.717) is 24.2 Å². The molecular weight excluding hydrogens is 330 g/mol. The van der Waals surface area contributed by atoms with E-state index in [0.717, 1.165) is 70.0 Å². The van der Waals surface area contributed by atoms with Crippen molar-refractivity contribution >= 4 is 5.91 Å². The van der Waals surface area contributed by atoms with Crippen LogP contribution in [0.5, 0.6) is 0 Å². The normalized spacial score (nSPS) is 29.8. The van der Waals surface area contributed by atoms with Crippen molar-refractivity contribution in [1.82, 2.24) is 15.0 Å². The van der Waals surface area contributed by atoms with Crippen molar-refractivity contribution in [1.29, 1.82) is 0 Å². The zero-order valence-electron chi connectivity index (χ0n) is 16.1. The third-order valence-electron chi connectivity index (χ3n) is 6.53. The number of aryl methyl sites for hydroxylation is 2. The number of likely N-dealkylation sites (tertiary alicyclic amines) is 2. The van der Waals surface area contributed by atoms with Gasteiger partial charge in [-0.25, -0.2) is 0 Å². The molecule has 0 radical (unpaired) electrons. The predicted octanol–water partition coefficient (Wildman–Crippen LogP) is 2.53. The molecule has 6 nitrogen and oxygen atoms in total. The third-order valence-corrected chi connectivity index (χ3v) is 6.53. The molecular formula is C20H31N3O3. The predicted molar refractivity (Wildman–Crippen MR) is 97.6 cm³/mol. The molecule has 6 heteroatoms. The van der Waals surface area contributed by atoms with Crippen LogP contribution in [0.25, 0.3) is 0 Å². The van der Waals surface area contributed by atoms with Gasteiger partial charge in [0.2, 0.25) is 5.91 Å². The highest BCUT2D eigenvalue weighted by Gasteiger charge is 2.42. The zero-order chi connectivity index (χ0) is 18.1. The molecule has 0 aliphatic carbocycles. The number of hydrogen-bond acceptors (Lipinski definition) is 5. The summed E-state index contributed by atoms with van der Waals surface area (Å²) in [6.45, 7) is 9.67. The van der Waals surface area contributed by atoms with E-state index in [2.05, 4.69) is 10.1 Å². The van der Waals surface area contributed by atoms with E-state index in [-0.39, 0.29) is 6.10 Å². The molecule has 144 valence electrons. The van der Waals surface area contributed by atoms with E-state index < -0.39 is 0 Å². The highest BCUT2D eigenvalue weighted by Crippen LogP contribution is 2.37. The highest BCUT2D eigenvalue weighted by atomic mass is 16.5. The zero-order valence-corrected chi connectivity index (χ0v) is 16.1. The van der Waals surface area contributed by atoms with Crippen molar-refractivity contribution in [2.45, 2.75) is 58.6 Å². The molecule has 1 amide bonds. The lowest BCUT2D eigenvalue weighted by atomic mass is 9.83. The van der Waals surface area contributed by atoms with Crippen LogP contribution in [0.2, 0.25) is 0 Å². The van der Waals surface area contributed by atoms with Crippen LogP contribution in [0.15, 0.2) is 4.52 Å². The maximum absolute atomic E-state index is 12.6. The van der Waals surface area contributed by atoms with Crippen molar-refractivity contribution < 1.29 is 14.1 Å². The fourth-order valence-electron chi connectivity index (χ4n) is 4.91.